The zero-order valence-electron chi connectivity index (χ0n) is 71.2. The highest BCUT2D eigenvalue weighted by Gasteiger charge is 2.12. The lowest BCUT2D eigenvalue weighted by Gasteiger charge is -2.02. The van der Waals surface area contributed by atoms with Crippen LogP contribution in [0.4, 0.5) is 43.6 Å². The summed E-state index contributed by atoms with van der Waals surface area (Å²) in [5, 5.41) is 22.2. The number of para-hydroxylation sites is 2. The van der Waals surface area contributed by atoms with Gasteiger partial charge in [0.15, 0.2) is 59.0 Å². The van der Waals surface area contributed by atoms with Gasteiger partial charge < -0.3 is 14.9 Å². The number of hydrogen-bond acceptors (Lipinski definition) is 24. The van der Waals surface area contributed by atoms with Gasteiger partial charge in [0.2, 0.25) is 5.13 Å². The molecule has 0 unspecified atom stereocenters. The molecule has 23 nitrogen and oxygen atoms in total. The number of ether oxygens (including phenoxy) is 1. The summed E-state index contributed by atoms with van der Waals surface area (Å²) in [4.78, 5) is 35.4. The van der Waals surface area contributed by atoms with Crippen molar-refractivity contribution in [1.29, 1.82) is 0 Å². The monoisotopic (exact) mass is 1960 g/mol. The largest absolute Gasteiger partial charge is 0.507 e. The highest BCUT2D eigenvalue weighted by Crippen LogP contribution is 2.26. The third-order valence-electron chi connectivity index (χ3n) is 17.2. The quantitative estimate of drug-likeness (QED) is 0.0595. The molecule has 0 atom stereocenters. The van der Waals surface area contributed by atoms with Crippen LogP contribution < -0.4 is 4.74 Å². The summed E-state index contributed by atoms with van der Waals surface area (Å²) in [5.41, 5.74) is 11.3. The molecule has 0 radical (unpaired) electrons. The number of aryl methyl sites for hydroxylation is 1. The van der Waals surface area contributed by atoms with E-state index in [-0.39, 0.29) is 32.0 Å². The smallest absolute Gasteiger partial charge is 0.209 e. The Morgan fingerprint density at radius 1 is 0.346 bits per heavy atom. The molecular weight excluding hydrogens is 1880 g/mol. The second-order valence-electron chi connectivity index (χ2n) is 27.9. The summed E-state index contributed by atoms with van der Waals surface area (Å²) < 4.78 is 155. The van der Waals surface area contributed by atoms with E-state index in [1.54, 1.807) is 232 Å². The number of nitrogens with zero attached hydrogens (tertiary/aromatic N) is 8. The van der Waals surface area contributed by atoms with E-state index >= 15 is 0 Å². The van der Waals surface area contributed by atoms with Crippen molar-refractivity contribution < 1.29 is 69.8 Å². The summed E-state index contributed by atoms with van der Waals surface area (Å²) >= 11 is 10.6. The molecule has 13 aromatic carbocycles. The van der Waals surface area contributed by atoms with Crippen LogP contribution >= 0.6 is 38.9 Å². The number of thiazole rings is 1. The van der Waals surface area contributed by atoms with Gasteiger partial charge >= 0.3 is 0 Å². The number of phenols is 2. The molecule has 0 aliphatic heterocycles. The zero-order valence-corrected chi connectivity index (χ0v) is 79.3. The van der Waals surface area contributed by atoms with Gasteiger partial charge in [0.05, 0.1) is 70.1 Å². The van der Waals surface area contributed by atoms with Crippen molar-refractivity contribution in [3.63, 3.8) is 0 Å². The average Bonchev–Trinajstić information content (AvgIpc) is 0.967. The SMILES string of the molecule is CCOc1ccc(C=Nc2ccc(S(C)(=O)=O)cc2)cc1.CS(=O)(=O)c1ccc(N=Cc2ccc(Br)cc2)cc1.CS(=O)(=O)c1ccc(N=Cc2ccc(Cl)cc2)cc1.CS(=O)(=O)c1ccc(N=Cc2ccc(F)cc2)cc1.CS(=O)(=O)c1ccc(N=Cc2ccccc2O)cc1.Cc1ccc(C=Nc2ccc(S(C)(=O)=O)cc2)cc1.Oc1ccccc1C=Nc1nccs1. The number of benzene rings is 13. The van der Waals surface area contributed by atoms with E-state index in [0.717, 1.165) is 61.9 Å². The molecule has 14 aromatic rings. The molecule has 0 saturated heterocycles. The number of aromatic nitrogens is 1. The highest BCUT2D eigenvalue weighted by atomic mass is 79.9. The Hall–Kier alpha value is -13.0. The fourth-order valence-corrected chi connectivity index (χ4v) is 14.9. The van der Waals surface area contributed by atoms with E-state index in [1.165, 1.54) is 84.5 Å². The van der Waals surface area contributed by atoms with Crippen LogP contribution in [0.1, 0.15) is 51.4 Å². The molecule has 2 N–H and O–H groups in total. The number of halogens is 3. The Bertz CT molecular complexity index is 6490. The lowest BCUT2D eigenvalue weighted by molar-refractivity contribution is 0.340. The fourth-order valence-electron chi connectivity index (χ4n) is 10.3. The second kappa shape index (κ2) is 49.5. The number of aromatic hydroxyl groups is 2. The predicted octanol–water partition coefficient (Wildman–Crippen LogP) is 21.6. The predicted molar refractivity (Wildman–Crippen MR) is 527 cm³/mol. The molecule has 0 saturated carbocycles. The van der Waals surface area contributed by atoms with Gasteiger partial charge in [-0.05, 0) is 272 Å². The van der Waals surface area contributed by atoms with Crippen molar-refractivity contribution in [2.24, 2.45) is 34.9 Å². The Morgan fingerprint density at radius 3 is 0.869 bits per heavy atom. The molecule has 130 heavy (non-hydrogen) atoms. The number of sulfone groups is 6. The molecule has 0 amide bonds. The minimum absolute atomic E-state index is 0.152. The Kier molecular flexibility index (Phi) is 39.0. The molecule has 0 bridgehead atoms. The maximum Gasteiger partial charge on any atom is 0.209 e. The molecule has 0 fully saturated rings. The van der Waals surface area contributed by atoms with Gasteiger partial charge in [-0.1, -0.05) is 118 Å². The minimum Gasteiger partial charge on any atom is -0.507 e. The number of aliphatic imine (C=N–C) groups is 7. The summed E-state index contributed by atoms with van der Waals surface area (Å²) in [6.45, 7) is 4.61. The van der Waals surface area contributed by atoms with E-state index in [2.05, 4.69) is 55.9 Å². The van der Waals surface area contributed by atoms with Crippen molar-refractivity contribution in [2.75, 3.05) is 44.1 Å². The van der Waals surface area contributed by atoms with E-state index in [0.29, 0.717) is 65.3 Å². The van der Waals surface area contributed by atoms with E-state index in [9.17, 15) is 65.1 Å². The van der Waals surface area contributed by atoms with Crippen LogP contribution in [0.15, 0.2) is 396 Å². The molecular formula is C97H89BrClFN8O15S7. The first-order valence-corrected chi connectivity index (χ1v) is 52.1. The first kappa shape index (κ1) is 102. The molecule has 14 rings (SSSR count). The Balaban J connectivity index is 0.000000188. The number of hydrogen-bond donors (Lipinski definition) is 2. The van der Waals surface area contributed by atoms with E-state index in [1.807, 2.05) is 110 Å². The van der Waals surface area contributed by atoms with Crippen LogP contribution in [0, 0.1) is 12.7 Å². The summed E-state index contributed by atoms with van der Waals surface area (Å²) in [6.07, 6.45) is 20.4. The molecule has 0 aliphatic rings. The summed E-state index contributed by atoms with van der Waals surface area (Å²) in [6, 6.07) is 88.9. The molecule has 33 heteroatoms. The van der Waals surface area contributed by atoms with Crippen LogP contribution in [-0.4, -0.2) is 153 Å². The highest BCUT2D eigenvalue weighted by molar-refractivity contribution is 9.10. The lowest BCUT2D eigenvalue weighted by atomic mass is 10.2. The summed E-state index contributed by atoms with van der Waals surface area (Å²) in [5.74, 6) is 0.911. The first-order chi connectivity index (χ1) is 61.6. The van der Waals surface area contributed by atoms with Crippen LogP contribution in [0.5, 0.6) is 17.2 Å². The van der Waals surface area contributed by atoms with Crippen LogP contribution in [0.25, 0.3) is 0 Å². The summed E-state index contributed by atoms with van der Waals surface area (Å²) in [7, 11) is -19.0. The topological polar surface area (TPSA) is 354 Å². The number of phenolic OH excluding ortho intramolecular Hbond substituents is 2. The molecule has 1 aromatic heterocycles. The van der Waals surface area contributed by atoms with Crippen molar-refractivity contribution >= 4 is 181 Å². The second-order valence-corrected chi connectivity index (χ2v) is 42.2. The van der Waals surface area contributed by atoms with Crippen molar-refractivity contribution in [3.8, 4) is 17.2 Å². The van der Waals surface area contributed by atoms with Gasteiger partial charge in [0.25, 0.3) is 0 Å². The molecule has 1 heterocycles. The standard InChI is InChI=1S/C16H17NO3S.C15H15NO2S.C14H12BrNO2S.C14H12ClNO2S.C14H12FNO2S.C14H13NO3S.C10H8N2OS/c1-3-20-15-8-4-13(5-9-15)12-17-14-6-10-16(11-7-14)21(2,18)19;1-12-3-5-13(6-4-12)11-16-14-7-9-15(10-8-14)19(2,17)18;3*1-19(17,18)14-8-6-13(7-9-14)16-10-11-2-4-12(15)5-3-11;1-19(17,18)13-8-6-12(7-9-13)15-10-11-4-2-3-5-14(11)16;13-9-4-2-1-3-8(9)7-12-10-11-5-6-14-10/h4-12H,3H2,1-2H3;3-11H,1-2H3;3*2-10H,1H3;2-10,16H,1H3;1-7,13H. The normalized spacial score (nSPS) is 11.7. The van der Waals surface area contributed by atoms with E-state index in [4.69, 9.17) is 16.3 Å². The van der Waals surface area contributed by atoms with Crippen molar-refractivity contribution in [3.05, 3.63) is 387 Å². The molecule has 0 spiro atoms. The van der Waals surface area contributed by atoms with Gasteiger partial charge in [-0.2, -0.15) is 0 Å². The van der Waals surface area contributed by atoms with Gasteiger partial charge in [0.1, 0.15) is 23.1 Å². The van der Waals surface area contributed by atoms with Crippen molar-refractivity contribution in [2.45, 2.75) is 43.2 Å². The Labute approximate surface area is 775 Å². The third kappa shape index (κ3) is 37.4. The fraction of sp³-hybridized carbons (Fsp3) is 0.0928. The maximum absolute atomic E-state index is 12.7. The number of rotatable bonds is 22. The van der Waals surface area contributed by atoms with Gasteiger partial charge in [0, 0.05) is 113 Å². The molecule has 0 aliphatic carbocycles. The van der Waals surface area contributed by atoms with Gasteiger partial charge in [-0.15, -0.1) is 11.3 Å². The van der Waals surface area contributed by atoms with Gasteiger partial charge in [-0.25, -0.2) is 64.9 Å². The lowest BCUT2D eigenvalue weighted by Crippen LogP contribution is -1.95. The average molecular weight is 1970 g/mol. The maximum atomic E-state index is 12.7. The zero-order chi connectivity index (χ0) is 94.5. The van der Waals surface area contributed by atoms with E-state index < -0.39 is 59.0 Å². The van der Waals surface area contributed by atoms with Crippen LogP contribution in [-0.2, 0) is 59.0 Å². The first-order valence-electron chi connectivity index (χ1n) is 38.7. The Morgan fingerprint density at radius 2 is 0.600 bits per heavy atom. The third-order valence-corrected chi connectivity index (χ3v) is 25.5. The van der Waals surface area contributed by atoms with Crippen LogP contribution in [0.3, 0.4) is 0 Å². The van der Waals surface area contributed by atoms with Crippen molar-refractivity contribution in [1.82, 2.24) is 4.98 Å². The molecule has 670 valence electrons. The van der Waals surface area contributed by atoms with Crippen LogP contribution in [0.2, 0.25) is 5.02 Å². The minimum atomic E-state index is -3.19. The van der Waals surface area contributed by atoms with Gasteiger partial charge in [-0.3, -0.25) is 30.0 Å².